The third-order valence-electron chi connectivity index (χ3n) is 3.61. The topological polar surface area (TPSA) is 39.7 Å². The molecule has 5 heteroatoms. The molecular formula is C19H20FNO3. The van der Waals surface area contributed by atoms with Crippen molar-refractivity contribution in [2.24, 2.45) is 5.89 Å². The van der Waals surface area contributed by atoms with Gasteiger partial charge in [-0.1, -0.05) is 12.1 Å². The van der Waals surface area contributed by atoms with Crippen LogP contribution in [-0.2, 0) is 0 Å². The second kappa shape index (κ2) is 6.69. The summed E-state index contributed by atoms with van der Waals surface area (Å²) in [5.41, 5.74) is -0.492. The molecule has 126 valence electrons. The summed E-state index contributed by atoms with van der Waals surface area (Å²) >= 11 is 0. The van der Waals surface area contributed by atoms with Crippen LogP contribution < -0.4 is 19.5 Å². The van der Waals surface area contributed by atoms with E-state index in [1.807, 2.05) is 0 Å². The zero-order valence-corrected chi connectivity index (χ0v) is 12.3. The van der Waals surface area contributed by atoms with Crippen LogP contribution in [-0.4, -0.2) is 26.3 Å². The van der Waals surface area contributed by atoms with Gasteiger partial charge in [-0.3, -0.25) is 0 Å². The lowest BCUT2D eigenvalue weighted by Crippen LogP contribution is -2.38. The van der Waals surface area contributed by atoms with Crippen LogP contribution in [0.5, 0.6) is 17.2 Å². The van der Waals surface area contributed by atoms with E-state index in [0.29, 0.717) is 0 Å². The van der Waals surface area contributed by atoms with Gasteiger partial charge in [0.1, 0.15) is 14.3 Å². The van der Waals surface area contributed by atoms with Crippen LogP contribution in [0.4, 0.5) is 4.39 Å². The van der Waals surface area contributed by atoms with Crippen molar-refractivity contribution in [3.63, 3.8) is 0 Å². The molecule has 0 radical (unpaired) electrons. The highest BCUT2D eigenvalue weighted by atomic mass is 19.1. The highest BCUT2D eigenvalue weighted by Gasteiger charge is 2.27. The molecule has 2 aromatic carbocycles. The highest BCUT2D eigenvalue weighted by Crippen LogP contribution is 2.36. The van der Waals surface area contributed by atoms with Crippen LogP contribution in [0.2, 0.25) is 0 Å². The largest absolute Gasteiger partial charge is 0.493 e. The maximum absolute atomic E-state index is 14.1. The molecule has 0 aliphatic carbocycles. The van der Waals surface area contributed by atoms with Crippen molar-refractivity contribution in [2.75, 3.05) is 26.3 Å². The van der Waals surface area contributed by atoms with Crippen molar-refractivity contribution in [1.29, 1.82) is 0 Å². The van der Waals surface area contributed by atoms with Crippen molar-refractivity contribution >= 4 is 0 Å². The van der Waals surface area contributed by atoms with Gasteiger partial charge in [-0.25, -0.2) is 4.39 Å². The average Bonchev–Trinajstić information content (AvgIpc) is 3.06. The van der Waals surface area contributed by atoms with Crippen LogP contribution in [0.15, 0.2) is 42.4 Å². The summed E-state index contributed by atoms with van der Waals surface area (Å²) in [6.07, 6.45) is -0.622. The Labute approximate surface area is 156 Å². The van der Waals surface area contributed by atoms with Crippen molar-refractivity contribution in [3.8, 4) is 17.2 Å². The number of halogens is 1. The number of rotatable bonds is 4. The molecule has 1 fully saturated rings. The number of benzene rings is 2. The second-order valence-corrected chi connectivity index (χ2v) is 5.14. The molecule has 1 N–H and O–H groups in total. The summed E-state index contributed by atoms with van der Waals surface area (Å²) < 4.78 is 119. The molecule has 2 aromatic rings. The third kappa shape index (κ3) is 3.17. The molecule has 0 saturated carbocycles. The minimum atomic E-state index is -2.93. The molecule has 0 spiro atoms. The Balaban J connectivity index is 1.77. The Kier molecular flexibility index (Phi) is 2.04. The van der Waals surface area contributed by atoms with E-state index < -0.39 is 80.1 Å². The Morgan fingerprint density at radius 2 is 2.17 bits per heavy atom. The summed E-state index contributed by atoms with van der Waals surface area (Å²) in [4.78, 5) is 0. The Morgan fingerprint density at radius 3 is 3.04 bits per heavy atom. The lowest BCUT2D eigenvalue weighted by Gasteiger charge is -2.32. The monoisotopic (exact) mass is 340 g/mol. The van der Waals surface area contributed by atoms with Crippen LogP contribution in [0, 0.1) is 11.7 Å². The van der Waals surface area contributed by atoms with Gasteiger partial charge in [-0.05, 0) is 48.6 Å². The molecule has 1 unspecified atom stereocenters. The standard InChI is InChI=1S/C19H20FNO3/c20-15-3-1-13(2-4-15)17-7-8-21-10-14(17)11-22-16-5-6-18-19(9-16)24-12-23-18/h1-6,9,14,17,21H,7-8,10-12H2/t14-,17?/m1/s1/i1D,2D,3D,4D,8D2,11D2,12D2,14D. The van der Waals surface area contributed by atoms with Gasteiger partial charge >= 0.3 is 0 Å². The predicted octanol–water partition coefficient (Wildman–Crippen LogP) is 3.33. The lowest BCUT2D eigenvalue weighted by atomic mass is 9.81. The normalized spacial score (nSPS) is 36.9. The molecule has 0 aromatic heterocycles. The quantitative estimate of drug-likeness (QED) is 0.927. The maximum atomic E-state index is 14.1. The van der Waals surface area contributed by atoms with Gasteiger partial charge < -0.3 is 19.5 Å². The number of hydrogen-bond donors (Lipinski definition) is 1. The molecule has 1 saturated heterocycles. The van der Waals surface area contributed by atoms with Crippen molar-refractivity contribution in [2.45, 2.75) is 12.3 Å². The first-order valence-electron chi connectivity index (χ1n) is 12.7. The number of hydrogen-bond acceptors (Lipinski definition) is 4. The SMILES string of the molecule is [2H]c1c([2H])c(C2CC([2H])([2H])NC[C@]2([2H])C([2H])([2H])Oc2ccc3c(c2)OC([2H])([2H])O3)c([2H])c([2H])c1F. The van der Waals surface area contributed by atoms with Gasteiger partial charge in [0.2, 0.25) is 6.75 Å². The van der Waals surface area contributed by atoms with Crippen LogP contribution in [0.25, 0.3) is 0 Å². The summed E-state index contributed by atoms with van der Waals surface area (Å²) in [6, 6.07) is 0.0122. The zero-order valence-electron chi connectivity index (χ0n) is 23.3. The molecule has 4 rings (SSSR count). The fraction of sp³-hybridized carbons (Fsp3) is 0.368. The van der Waals surface area contributed by atoms with Gasteiger partial charge in [-0.2, -0.15) is 0 Å². The predicted molar refractivity (Wildman–Crippen MR) is 88.2 cm³/mol. The van der Waals surface area contributed by atoms with Crippen molar-refractivity contribution < 1.29 is 33.7 Å². The van der Waals surface area contributed by atoms with E-state index in [0.717, 1.165) is 6.07 Å². The fourth-order valence-corrected chi connectivity index (χ4v) is 2.39. The van der Waals surface area contributed by atoms with E-state index >= 15 is 0 Å². The minimum Gasteiger partial charge on any atom is -0.493 e. The smallest absolute Gasteiger partial charge is 0.231 e. The summed E-state index contributed by atoms with van der Waals surface area (Å²) in [6.45, 7) is -8.17. The number of ether oxygens (including phenoxy) is 3. The van der Waals surface area contributed by atoms with Crippen molar-refractivity contribution in [1.82, 2.24) is 5.32 Å². The van der Waals surface area contributed by atoms with Crippen LogP contribution in [0.3, 0.4) is 0 Å². The summed E-state index contributed by atoms with van der Waals surface area (Å²) in [5.74, 6) is -5.60. The molecule has 2 aliphatic heterocycles. The van der Waals surface area contributed by atoms with E-state index in [-0.39, 0.29) is 17.2 Å². The Bertz CT molecular complexity index is 1170. The first kappa shape index (κ1) is 7.31. The van der Waals surface area contributed by atoms with Crippen LogP contribution >= 0.6 is 0 Å². The molecule has 2 heterocycles. The molecular weight excluding hydrogens is 309 g/mol. The number of piperidine rings is 1. The first-order chi connectivity index (χ1) is 16.0. The lowest BCUT2D eigenvalue weighted by molar-refractivity contribution is 0.173. The molecule has 24 heavy (non-hydrogen) atoms. The van der Waals surface area contributed by atoms with Gasteiger partial charge in [0.05, 0.1) is 14.8 Å². The molecule has 2 atom stereocenters. The fourth-order valence-electron chi connectivity index (χ4n) is 2.39. The number of fused-ring (bicyclic) bond motifs is 1. The summed E-state index contributed by atoms with van der Waals surface area (Å²) in [7, 11) is 0. The number of nitrogens with one attached hydrogen (secondary N) is 1. The minimum absolute atomic E-state index is 0.0452. The van der Waals surface area contributed by atoms with Crippen molar-refractivity contribution in [3.05, 3.63) is 53.7 Å². The molecule has 0 amide bonds. The summed E-state index contributed by atoms with van der Waals surface area (Å²) in [5, 5.41) is 2.41. The second-order valence-electron chi connectivity index (χ2n) is 5.14. The average molecular weight is 340 g/mol. The molecule has 0 bridgehead atoms. The van der Waals surface area contributed by atoms with E-state index in [4.69, 9.17) is 29.3 Å². The molecule has 2 aliphatic rings. The molecule has 4 nitrogen and oxygen atoms in total. The van der Waals surface area contributed by atoms with Gasteiger partial charge in [-0.15, -0.1) is 0 Å². The van der Waals surface area contributed by atoms with Gasteiger partial charge in [0.15, 0.2) is 11.5 Å². The third-order valence-corrected chi connectivity index (χ3v) is 3.61. The first-order valence-corrected chi connectivity index (χ1v) is 7.20. The van der Waals surface area contributed by atoms with E-state index in [1.54, 1.807) is 0 Å². The van der Waals surface area contributed by atoms with Crippen LogP contribution in [0.1, 0.15) is 33.0 Å². The Hall–Kier alpha value is -2.27. The van der Waals surface area contributed by atoms with E-state index in [9.17, 15) is 4.39 Å². The van der Waals surface area contributed by atoms with Gasteiger partial charge in [0.25, 0.3) is 0 Å². The van der Waals surface area contributed by atoms with E-state index in [1.165, 1.54) is 12.1 Å². The maximum Gasteiger partial charge on any atom is 0.231 e. The zero-order chi connectivity index (χ0) is 26.1. The highest BCUT2D eigenvalue weighted by molar-refractivity contribution is 5.46. The van der Waals surface area contributed by atoms with E-state index in [2.05, 4.69) is 5.32 Å². The Morgan fingerprint density at radius 1 is 1.33 bits per heavy atom. The van der Waals surface area contributed by atoms with Gasteiger partial charge in [0, 0.05) is 22.6 Å².